The molecule has 0 aliphatic heterocycles. The van der Waals surface area contributed by atoms with Crippen molar-refractivity contribution in [2.75, 3.05) is 11.9 Å². The summed E-state index contributed by atoms with van der Waals surface area (Å²) in [4.78, 5) is 11.0. The summed E-state index contributed by atoms with van der Waals surface area (Å²) >= 11 is 0. The molecule has 0 heterocycles. The second-order valence-electron chi connectivity index (χ2n) is 3.31. The quantitative estimate of drug-likeness (QED) is 0.685. The third-order valence-corrected chi connectivity index (χ3v) is 2.02. The molecule has 0 aliphatic carbocycles. The van der Waals surface area contributed by atoms with Crippen LogP contribution in [0.5, 0.6) is 0 Å². The normalized spacial score (nSPS) is 12.2. The van der Waals surface area contributed by atoms with Gasteiger partial charge in [0.25, 0.3) is 5.91 Å². The zero-order valence-corrected chi connectivity index (χ0v) is 8.46. The van der Waals surface area contributed by atoms with Gasteiger partial charge in [0, 0.05) is 12.6 Å². The van der Waals surface area contributed by atoms with E-state index in [1.807, 2.05) is 6.92 Å². The number of nitrogens with one attached hydrogen (secondary N) is 1. The van der Waals surface area contributed by atoms with Crippen LogP contribution in [0.4, 0.5) is 10.1 Å². The Balaban J connectivity index is 3.06. The van der Waals surface area contributed by atoms with Crippen molar-refractivity contribution >= 4 is 11.6 Å². The van der Waals surface area contributed by atoms with Gasteiger partial charge in [-0.2, -0.15) is 0 Å². The number of nitrogens with two attached hydrogens (primary N) is 2. The Kier molecular flexibility index (Phi) is 3.62. The van der Waals surface area contributed by atoms with Gasteiger partial charge in [-0.3, -0.25) is 4.79 Å². The highest BCUT2D eigenvalue weighted by molar-refractivity contribution is 5.98. The fraction of sp³-hybridized carbons (Fsp3) is 0.300. The minimum Gasteiger partial charge on any atom is -0.381 e. The van der Waals surface area contributed by atoms with Crippen LogP contribution in [0.2, 0.25) is 0 Å². The lowest BCUT2D eigenvalue weighted by atomic mass is 10.1. The summed E-state index contributed by atoms with van der Waals surface area (Å²) in [7, 11) is 0. The third kappa shape index (κ3) is 2.66. The maximum Gasteiger partial charge on any atom is 0.253 e. The molecule has 0 fully saturated rings. The molecule has 0 aliphatic rings. The fourth-order valence-corrected chi connectivity index (χ4v) is 1.22. The van der Waals surface area contributed by atoms with Crippen LogP contribution < -0.4 is 16.8 Å². The first-order valence-electron chi connectivity index (χ1n) is 4.61. The summed E-state index contributed by atoms with van der Waals surface area (Å²) < 4.78 is 13.3. The molecular weight excluding hydrogens is 197 g/mol. The van der Waals surface area contributed by atoms with E-state index in [9.17, 15) is 9.18 Å². The van der Waals surface area contributed by atoms with E-state index in [4.69, 9.17) is 11.5 Å². The average molecular weight is 211 g/mol. The molecule has 0 saturated heterocycles. The lowest BCUT2D eigenvalue weighted by Gasteiger charge is -2.15. The van der Waals surface area contributed by atoms with Gasteiger partial charge in [0.1, 0.15) is 5.82 Å². The van der Waals surface area contributed by atoms with Gasteiger partial charge in [-0.15, -0.1) is 0 Å². The number of rotatable bonds is 4. The molecule has 4 nitrogen and oxygen atoms in total. The Labute approximate surface area is 87.4 Å². The summed E-state index contributed by atoms with van der Waals surface area (Å²) in [5.74, 6) is -1.42. The molecule has 1 unspecified atom stereocenters. The third-order valence-electron chi connectivity index (χ3n) is 2.02. The highest BCUT2D eigenvalue weighted by Gasteiger charge is 2.14. The first kappa shape index (κ1) is 11.5. The number of benzene rings is 1. The van der Waals surface area contributed by atoms with Gasteiger partial charge >= 0.3 is 0 Å². The standard InChI is InChI=1S/C10H14FN3O/c1-6(5-12)14-8-4-2-3-7(11)9(8)10(13)15/h2-4,6,14H,5,12H2,1H3,(H2,13,15). The first-order chi connectivity index (χ1) is 7.06. The van der Waals surface area contributed by atoms with Crippen LogP contribution in [0.25, 0.3) is 0 Å². The molecule has 1 atom stereocenters. The van der Waals surface area contributed by atoms with E-state index >= 15 is 0 Å². The summed E-state index contributed by atoms with van der Waals surface area (Å²) in [5.41, 5.74) is 10.7. The van der Waals surface area contributed by atoms with E-state index in [1.165, 1.54) is 12.1 Å². The van der Waals surface area contributed by atoms with Crippen LogP contribution in [-0.4, -0.2) is 18.5 Å². The second kappa shape index (κ2) is 4.75. The lowest BCUT2D eigenvalue weighted by Crippen LogP contribution is -2.27. The van der Waals surface area contributed by atoms with Crippen molar-refractivity contribution in [1.29, 1.82) is 0 Å². The molecule has 0 spiro atoms. The Morgan fingerprint density at radius 2 is 2.27 bits per heavy atom. The maximum atomic E-state index is 13.3. The zero-order chi connectivity index (χ0) is 11.4. The number of halogens is 1. The topological polar surface area (TPSA) is 81.1 Å². The van der Waals surface area contributed by atoms with Crippen LogP contribution in [-0.2, 0) is 0 Å². The van der Waals surface area contributed by atoms with Crippen molar-refractivity contribution in [3.63, 3.8) is 0 Å². The van der Waals surface area contributed by atoms with E-state index in [0.717, 1.165) is 0 Å². The molecule has 0 bridgehead atoms. The minimum atomic E-state index is -0.792. The predicted molar refractivity (Wildman–Crippen MR) is 57.1 cm³/mol. The van der Waals surface area contributed by atoms with E-state index in [1.54, 1.807) is 6.07 Å². The van der Waals surface area contributed by atoms with E-state index in [2.05, 4.69) is 5.32 Å². The Bertz CT molecular complexity index is 368. The summed E-state index contributed by atoms with van der Waals surface area (Å²) in [5, 5.41) is 2.92. The van der Waals surface area contributed by atoms with E-state index < -0.39 is 11.7 Å². The van der Waals surface area contributed by atoms with Crippen molar-refractivity contribution in [3.8, 4) is 0 Å². The van der Waals surface area contributed by atoms with Crippen molar-refractivity contribution in [2.45, 2.75) is 13.0 Å². The summed E-state index contributed by atoms with van der Waals surface area (Å²) in [6, 6.07) is 4.24. The monoisotopic (exact) mass is 211 g/mol. The molecule has 82 valence electrons. The molecule has 15 heavy (non-hydrogen) atoms. The Morgan fingerprint density at radius 3 is 2.80 bits per heavy atom. The number of hydrogen-bond donors (Lipinski definition) is 3. The minimum absolute atomic E-state index is 0.0510. The van der Waals surface area contributed by atoms with Gasteiger partial charge in [-0.1, -0.05) is 6.07 Å². The van der Waals surface area contributed by atoms with Crippen LogP contribution >= 0.6 is 0 Å². The zero-order valence-electron chi connectivity index (χ0n) is 8.46. The van der Waals surface area contributed by atoms with Crippen molar-refractivity contribution in [1.82, 2.24) is 0 Å². The maximum absolute atomic E-state index is 13.3. The smallest absolute Gasteiger partial charge is 0.253 e. The van der Waals surface area contributed by atoms with Crippen LogP contribution in [0.15, 0.2) is 18.2 Å². The number of hydrogen-bond acceptors (Lipinski definition) is 3. The van der Waals surface area contributed by atoms with Crippen molar-refractivity contribution in [3.05, 3.63) is 29.6 Å². The lowest BCUT2D eigenvalue weighted by molar-refractivity contribution is 0.0997. The molecule has 1 rings (SSSR count). The van der Waals surface area contributed by atoms with Crippen molar-refractivity contribution < 1.29 is 9.18 Å². The van der Waals surface area contributed by atoms with Crippen LogP contribution in [0, 0.1) is 5.82 Å². The molecule has 1 amide bonds. The Morgan fingerprint density at radius 1 is 1.60 bits per heavy atom. The highest BCUT2D eigenvalue weighted by Crippen LogP contribution is 2.18. The highest BCUT2D eigenvalue weighted by atomic mass is 19.1. The number of amides is 1. The molecule has 0 radical (unpaired) electrons. The van der Waals surface area contributed by atoms with Gasteiger partial charge < -0.3 is 16.8 Å². The van der Waals surface area contributed by atoms with Gasteiger partial charge in [0.15, 0.2) is 0 Å². The fourth-order valence-electron chi connectivity index (χ4n) is 1.22. The van der Waals surface area contributed by atoms with E-state index in [0.29, 0.717) is 12.2 Å². The summed E-state index contributed by atoms with van der Waals surface area (Å²) in [6.45, 7) is 2.21. The molecule has 5 heteroatoms. The molecule has 0 aromatic heterocycles. The average Bonchev–Trinajstić information content (AvgIpc) is 2.17. The second-order valence-corrected chi connectivity index (χ2v) is 3.31. The number of primary amides is 1. The van der Waals surface area contributed by atoms with Gasteiger partial charge in [-0.25, -0.2) is 4.39 Å². The Hall–Kier alpha value is -1.62. The van der Waals surface area contributed by atoms with Crippen molar-refractivity contribution in [2.24, 2.45) is 11.5 Å². The van der Waals surface area contributed by atoms with Crippen LogP contribution in [0.3, 0.4) is 0 Å². The molecule has 0 saturated carbocycles. The summed E-state index contributed by atoms with van der Waals surface area (Å²) in [6.07, 6.45) is 0. The number of anilines is 1. The largest absolute Gasteiger partial charge is 0.381 e. The van der Waals surface area contributed by atoms with Gasteiger partial charge in [0.05, 0.1) is 11.3 Å². The van der Waals surface area contributed by atoms with Gasteiger partial charge in [0.2, 0.25) is 0 Å². The molecule has 1 aromatic carbocycles. The first-order valence-corrected chi connectivity index (χ1v) is 4.61. The number of carbonyl (C=O) groups is 1. The molecule has 1 aromatic rings. The SMILES string of the molecule is CC(CN)Nc1cccc(F)c1C(N)=O. The molecule has 5 N–H and O–H groups in total. The predicted octanol–water partition coefficient (Wildman–Crippen LogP) is 0.684. The van der Waals surface area contributed by atoms with Gasteiger partial charge in [-0.05, 0) is 19.1 Å². The number of carbonyl (C=O) groups excluding carboxylic acids is 1. The van der Waals surface area contributed by atoms with E-state index in [-0.39, 0.29) is 11.6 Å². The molecular formula is C10H14FN3O. The van der Waals surface area contributed by atoms with Crippen LogP contribution in [0.1, 0.15) is 17.3 Å².